The number of carbonyl (C=O) groups excluding carboxylic acids is 2. The third-order valence-corrected chi connectivity index (χ3v) is 6.66. The van der Waals surface area contributed by atoms with Gasteiger partial charge in [0.25, 0.3) is 11.8 Å². The van der Waals surface area contributed by atoms with Crippen LogP contribution in [0.25, 0.3) is 5.57 Å². The van der Waals surface area contributed by atoms with E-state index in [0.29, 0.717) is 17.0 Å². The lowest BCUT2D eigenvalue weighted by Crippen LogP contribution is -2.32. The van der Waals surface area contributed by atoms with E-state index in [9.17, 15) is 9.59 Å². The Morgan fingerprint density at radius 2 is 1.69 bits per heavy atom. The van der Waals surface area contributed by atoms with Gasteiger partial charge in [0.1, 0.15) is 11.4 Å². The molecule has 5 rings (SSSR count). The third-order valence-electron chi connectivity index (χ3n) is 5.77. The highest BCUT2D eigenvalue weighted by molar-refractivity contribution is 7.11. The average Bonchev–Trinajstić information content (AvgIpc) is 3.57. The third kappa shape index (κ3) is 3.65. The summed E-state index contributed by atoms with van der Waals surface area (Å²) in [6.45, 7) is 2.14. The second-order valence-corrected chi connectivity index (χ2v) is 8.69. The van der Waals surface area contributed by atoms with Crippen molar-refractivity contribution in [2.75, 3.05) is 35.3 Å². The number of methoxy groups -OCH3 is 1. The number of amides is 2. The van der Waals surface area contributed by atoms with E-state index >= 15 is 0 Å². The summed E-state index contributed by atoms with van der Waals surface area (Å²) in [6, 6.07) is 18.7. The molecule has 3 aromatic rings. The minimum atomic E-state index is -0.379. The van der Waals surface area contributed by atoms with Crippen LogP contribution >= 0.6 is 11.3 Å². The maximum absolute atomic E-state index is 13.4. The van der Waals surface area contributed by atoms with Crippen LogP contribution in [-0.4, -0.2) is 32.0 Å². The number of imide groups is 1. The van der Waals surface area contributed by atoms with Crippen LogP contribution in [0, 0.1) is 0 Å². The van der Waals surface area contributed by atoms with Crippen molar-refractivity contribution in [2.24, 2.45) is 0 Å². The molecule has 2 aliphatic rings. The van der Waals surface area contributed by atoms with Gasteiger partial charge in [0.05, 0.1) is 18.4 Å². The van der Waals surface area contributed by atoms with Gasteiger partial charge in [-0.1, -0.05) is 12.1 Å². The summed E-state index contributed by atoms with van der Waals surface area (Å²) in [5.74, 6) is -0.142. The summed E-state index contributed by atoms with van der Waals surface area (Å²) in [6.07, 6.45) is 2.43. The van der Waals surface area contributed by atoms with Gasteiger partial charge in [-0.05, 0) is 60.7 Å². The Hall–Kier alpha value is -3.58. The number of thiophene rings is 1. The van der Waals surface area contributed by atoms with E-state index in [0.717, 1.165) is 23.7 Å². The summed E-state index contributed by atoms with van der Waals surface area (Å²) >= 11 is 1.44. The maximum atomic E-state index is 13.4. The van der Waals surface area contributed by atoms with E-state index in [4.69, 9.17) is 4.74 Å². The highest BCUT2D eigenvalue weighted by Gasteiger charge is 2.40. The van der Waals surface area contributed by atoms with Crippen molar-refractivity contribution >= 4 is 45.8 Å². The Bertz CT molecular complexity index is 1180. The van der Waals surface area contributed by atoms with Crippen LogP contribution < -0.4 is 19.9 Å². The number of hydrogen-bond acceptors (Lipinski definition) is 6. The van der Waals surface area contributed by atoms with Gasteiger partial charge in [-0.25, -0.2) is 4.90 Å². The van der Waals surface area contributed by atoms with Crippen LogP contribution in [0.1, 0.15) is 17.7 Å². The first-order valence-electron chi connectivity index (χ1n) is 10.6. The van der Waals surface area contributed by atoms with E-state index in [-0.39, 0.29) is 17.5 Å². The second-order valence-electron chi connectivity index (χ2n) is 7.74. The van der Waals surface area contributed by atoms with Crippen LogP contribution in [0.5, 0.6) is 5.75 Å². The largest absolute Gasteiger partial charge is 0.497 e. The summed E-state index contributed by atoms with van der Waals surface area (Å²) in [5.41, 5.74) is 3.10. The lowest BCUT2D eigenvalue weighted by atomic mass is 10.1. The monoisotopic (exact) mass is 445 g/mol. The molecule has 2 aliphatic heterocycles. The number of benzene rings is 2. The molecule has 1 N–H and O–H groups in total. The molecule has 0 spiro atoms. The smallest absolute Gasteiger partial charge is 0.282 e. The van der Waals surface area contributed by atoms with E-state index in [1.165, 1.54) is 34.8 Å². The van der Waals surface area contributed by atoms with Crippen molar-refractivity contribution in [1.82, 2.24) is 0 Å². The number of nitrogens with zero attached hydrogens (tertiary/aromatic N) is 2. The Balaban J connectivity index is 1.49. The normalized spacial score (nSPS) is 16.3. The summed E-state index contributed by atoms with van der Waals surface area (Å²) < 4.78 is 5.28. The van der Waals surface area contributed by atoms with Crippen molar-refractivity contribution < 1.29 is 14.3 Å². The molecule has 0 atom stereocenters. The van der Waals surface area contributed by atoms with E-state index in [1.807, 2.05) is 29.6 Å². The number of anilines is 3. The molecule has 162 valence electrons. The van der Waals surface area contributed by atoms with E-state index < -0.39 is 0 Å². The molecule has 0 bridgehead atoms. The number of rotatable bonds is 6. The van der Waals surface area contributed by atoms with Crippen LogP contribution in [0.4, 0.5) is 17.1 Å². The summed E-state index contributed by atoms with van der Waals surface area (Å²) in [4.78, 5) is 31.2. The number of ether oxygens (including phenoxy) is 1. The first kappa shape index (κ1) is 20.3. The zero-order valence-corrected chi connectivity index (χ0v) is 18.5. The molecule has 32 heavy (non-hydrogen) atoms. The fourth-order valence-corrected chi connectivity index (χ4v) is 4.92. The molecule has 2 aromatic carbocycles. The number of nitrogens with one attached hydrogen (secondary N) is 1. The Morgan fingerprint density at radius 1 is 0.906 bits per heavy atom. The fourth-order valence-electron chi connectivity index (χ4n) is 4.15. The Kier molecular flexibility index (Phi) is 5.41. The second kappa shape index (κ2) is 8.51. The molecule has 1 aromatic heterocycles. The van der Waals surface area contributed by atoms with Crippen LogP contribution in [-0.2, 0) is 9.59 Å². The van der Waals surface area contributed by atoms with Crippen molar-refractivity contribution in [2.45, 2.75) is 12.8 Å². The van der Waals surface area contributed by atoms with Crippen molar-refractivity contribution in [3.8, 4) is 5.75 Å². The Labute approximate surface area is 190 Å². The molecule has 6 nitrogen and oxygen atoms in total. The van der Waals surface area contributed by atoms with Crippen LogP contribution in [0.2, 0.25) is 0 Å². The molecular formula is C25H23N3O3S. The SMILES string of the molecule is COc1cccc(N2C(=O)C(Nc3ccc(N4CCCC4)cc3)=C(c3cccs3)C2=O)c1. The van der Waals surface area contributed by atoms with Gasteiger partial charge >= 0.3 is 0 Å². The molecule has 1 fully saturated rings. The highest BCUT2D eigenvalue weighted by atomic mass is 32.1. The predicted octanol–water partition coefficient (Wildman–Crippen LogP) is 4.75. The van der Waals surface area contributed by atoms with Gasteiger partial charge < -0.3 is 15.0 Å². The lowest BCUT2D eigenvalue weighted by Gasteiger charge is -2.18. The standard InChI is InChI=1S/C25H23N3O3S/c1-31-20-7-4-6-19(16-20)28-24(29)22(21-8-5-15-32-21)23(25(28)30)26-17-9-11-18(12-10-17)27-13-2-3-14-27/h4-12,15-16,26H,2-3,13-14H2,1H3. The van der Waals surface area contributed by atoms with Crippen molar-refractivity contribution in [1.29, 1.82) is 0 Å². The zero-order chi connectivity index (χ0) is 22.1. The van der Waals surface area contributed by atoms with E-state index in [2.05, 4.69) is 22.3 Å². The van der Waals surface area contributed by atoms with Gasteiger partial charge in [0.15, 0.2) is 0 Å². The molecule has 2 amide bonds. The molecular weight excluding hydrogens is 422 g/mol. The van der Waals surface area contributed by atoms with Crippen LogP contribution in [0.3, 0.4) is 0 Å². The minimum absolute atomic E-state index is 0.286. The van der Waals surface area contributed by atoms with Gasteiger partial charge in [-0.3, -0.25) is 9.59 Å². The van der Waals surface area contributed by atoms with Gasteiger partial charge in [0.2, 0.25) is 0 Å². The number of hydrogen-bond donors (Lipinski definition) is 1. The zero-order valence-electron chi connectivity index (χ0n) is 17.7. The highest BCUT2D eigenvalue weighted by Crippen LogP contribution is 2.36. The molecule has 0 saturated carbocycles. The molecule has 0 radical (unpaired) electrons. The molecule has 7 heteroatoms. The van der Waals surface area contributed by atoms with Crippen LogP contribution in [0.15, 0.2) is 71.7 Å². The molecule has 3 heterocycles. The molecule has 0 aliphatic carbocycles. The number of carbonyl (C=O) groups is 2. The first-order valence-corrected chi connectivity index (χ1v) is 11.5. The summed E-state index contributed by atoms with van der Waals surface area (Å²) in [7, 11) is 1.56. The lowest BCUT2D eigenvalue weighted by molar-refractivity contribution is -0.120. The van der Waals surface area contributed by atoms with Crippen molar-refractivity contribution in [3.05, 3.63) is 76.6 Å². The first-order chi connectivity index (χ1) is 15.7. The molecule has 1 saturated heterocycles. The van der Waals surface area contributed by atoms with E-state index in [1.54, 1.807) is 31.4 Å². The maximum Gasteiger partial charge on any atom is 0.282 e. The molecule has 0 unspecified atom stereocenters. The Morgan fingerprint density at radius 3 is 2.38 bits per heavy atom. The fraction of sp³-hybridized carbons (Fsp3) is 0.200. The minimum Gasteiger partial charge on any atom is -0.497 e. The quantitative estimate of drug-likeness (QED) is 0.555. The topological polar surface area (TPSA) is 61.9 Å². The van der Waals surface area contributed by atoms with Gasteiger partial charge in [-0.2, -0.15) is 0 Å². The predicted molar refractivity (Wildman–Crippen MR) is 128 cm³/mol. The van der Waals surface area contributed by atoms with Gasteiger partial charge in [-0.15, -0.1) is 11.3 Å². The van der Waals surface area contributed by atoms with Crippen molar-refractivity contribution in [3.63, 3.8) is 0 Å². The average molecular weight is 446 g/mol. The summed E-state index contributed by atoms with van der Waals surface area (Å²) in [5, 5.41) is 5.13. The van der Waals surface area contributed by atoms with Gasteiger partial charge in [0, 0.05) is 35.4 Å².